The first-order chi connectivity index (χ1) is 10.2. The lowest BCUT2D eigenvalue weighted by molar-refractivity contribution is 0.0698. The SMILES string of the molecule is O=C(O)c1cnc(NC2(CO)CCCC2)c2ccccc12. The van der Waals surface area contributed by atoms with E-state index in [1.54, 1.807) is 6.07 Å². The highest BCUT2D eigenvalue weighted by molar-refractivity contribution is 6.06. The third kappa shape index (κ3) is 2.45. The van der Waals surface area contributed by atoms with E-state index in [-0.39, 0.29) is 17.7 Å². The van der Waals surface area contributed by atoms with E-state index in [1.165, 1.54) is 6.20 Å². The molecule has 1 aliphatic rings. The standard InChI is InChI=1S/C16H18N2O3/c19-10-16(7-3-4-8-16)18-14-12-6-2-1-5-11(12)13(9-17-14)15(20)21/h1-2,5-6,9,19H,3-4,7-8,10H2,(H,17,18)(H,20,21). The number of carboxylic acid groups (broad SMARTS) is 1. The molecular formula is C16H18N2O3. The van der Waals surface area contributed by atoms with Crippen LogP contribution in [0.2, 0.25) is 0 Å². The maximum absolute atomic E-state index is 11.3. The van der Waals surface area contributed by atoms with Gasteiger partial charge in [0.15, 0.2) is 0 Å². The lowest BCUT2D eigenvalue weighted by Crippen LogP contribution is -2.39. The zero-order chi connectivity index (χ0) is 14.9. The average molecular weight is 286 g/mol. The minimum Gasteiger partial charge on any atom is -0.478 e. The number of anilines is 1. The summed E-state index contributed by atoms with van der Waals surface area (Å²) in [7, 11) is 0. The van der Waals surface area contributed by atoms with E-state index < -0.39 is 5.97 Å². The molecule has 110 valence electrons. The highest BCUT2D eigenvalue weighted by Gasteiger charge is 2.33. The van der Waals surface area contributed by atoms with Gasteiger partial charge in [-0.2, -0.15) is 0 Å². The van der Waals surface area contributed by atoms with Crippen molar-refractivity contribution in [1.29, 1.82) is 0 Å². The van der Waals surface area contributed by atoms with Crippen LogP contribution in [0.3, 0.4) is 0 Å². The van der Waals surface area contributed by atoms with Crippen LogP contribution in [0, 0.1) is 0 Å². The lowest BCUT2D eigenvalue weighted by Gasteiger charge is -2.29. The number of carbonyl (C=O) groups is 1. The minimum atomic E-state index is -0.983. The first kappa shape index (κ1) is 13.8. The van der Waals surface area contributed by atoms with Crippen LogP contribution in [0.1, 0.15) is 36.0 Å². The Balaban J connectivity index is 2.07. The van der Waals surface area contributed by atoms with Gasteiger partial charge < -0.3 is 15.5 Å². The van der Waals surface area contributed by atoms with Crippen molar-refractivity contribution in [2.75, 3.05) is 11.9 Å². The van der Waals surface area contributed by atoms with Crippen molar-refractivity contribution in [2.24, 2.45) is 0 Å². The van der Waals surface area contributed by atoms with Crippen molar-refractivity contribution < 1.29 is 15.0 Å². The second kappa shape index (κ2) is 5.33. The predicted molar refractivity (Wildman–Crippen MR) is 80.6 cm³/mol. The van der Waals surface area contributed by atoms with Crippen molar-refractivity contribution >= 4 is 22.6 Å². The number of aliphatic hydroxyl groups is 1. The first-order valence-corrected chi connectivity index (χ1v) is 7.15. The molecule has 1 aliphatic carbocycles. The fourth-order valence-electron chi connectivity index (χ4n) is 3.09. The summed E-state index contributed by atoms with van der Waals surface area (Å²) in [5.74, 6) is -0.338. The van der Waals surface area contributed by atoms with E-state index in [4.69, 9.17) is 0 Å². The van der Waals surface area contributed by atoms with Gasteiger partial charge in [0.05, 0.1) is 17.7 Å². The monoisotopic (exact) mass is 286 g/mol. The molecule has 3 N–H and O–H groups in total. The second-order valence-corrected chi connectivity index (χ2v) is 5.64. The Hall–Kier alpha value is -2.14. The van der Waals surface area contributed by atoms with Gasteiger partial charge in [-0.1, -0.05) is 37.1 Å². The summed E-state index contributed by atoms with van der Waals surface area (Å²) in [6.07, 6.45) is 5.35. The van der Waals surface area contributed by atoms with E-state index in [2.05, 4.69) is 10.3 Å². The maximum Gasteiger partial charge on any atom is 0.337 e. The Labute approximate surface area is 122 Å². The molecule has 1 fully saturated rings. The summed E-state index contributed by atoms with van der Waals surface area (Å²) < 4.78 is 0. The van der Waals surface area contributed by atoms with Crippen LogP contribution >= 0.6 is 0 Å². The molecule has 0 unspecified atom stereocenters. The van der Waals surface area contributed by atoms with E-state index in [0.29, 0.717) is 11.2 Å². The fourth-order valence-corrected chi connectivity index (χ4v) is 3.09. The molecule has 0 spiro atoms. The number of fused-ring (bicyclic) bond motifs is 1. The van der Waals surface area contributed by atoms with Crippen LogP contribution in [0.25, 0.3) is 10.8 Å². The zero-order valence-electron chi connectivity index (χ0n) is 11.7. The highest BCUT2D eigenvalue weighted by atomic mass is 16.4. The third-order valence-corrected chi connectivity index (χ3v) is 4.27. The third-order valence-electron chi connectivity index (χ3n) is 4.27. The number of benzene rings is 1. The number of nitrogens with zero attached hydrogens (tertiary/aromatic N) is 1. The molecule has 1 aromatic carbocycles. The molecule has 2 aromatic rings. The van der Waals surface area contributed by atoms with Crippen molar-refractivity contribution in [2.45, 2.75) is 31.2 Å². The quantitative estimate of drug-likeness (QED) is 0.805. The summed E-state index contributed by atoms with van der Waals surface area (Å²) in [5, 5.41) is 23.8. The Bertz CT molecular complexity index is 678. The molecule has 0 aliphatic heterocycles. The summed E-state index contributed by atoms with van der Waals surface area (Å²) >= 11 is 0. The average Bonchev–Trinajstić information content (AvgIpc) is 2.96. The Morgan fingerprint density at radius 3 is 2.52 bits per heavy atom. The number of nitrogens with one attached hydrogen (secondary N) is 1. The molecule has 3 rings (SSSR count). The van der Waals surface area contributed by atoms with Crippen molar-refractivity contribution in [1.82, 2.24) is 4.98 Å². The zero-order valence-corrected chi connectivity index (χ0v) is 11.7. The van der Waals surface area contributed by atoms with Gasteiger partial charge in [0.25, 0.3) is 0 Å². The molecular weight excluding hydrogens is 268 g/mol. The van der Waals surface area contributed by atoms with E-state index >= 15 is 0 Å². The molecule has 0 saturated heterocycles. The van der Waals surface area contributed by atoms with Gasteiger partial charge in [-0.25, -0.2) is 9.78 Å². The molecule has 5 nitrogen and oxygen atoms in total. The van der Waals surface area contributed by atoms with Gasteiger partial charge in [-0.15, -0.1) is 0 Å². The van der Waals surface area contributed by atoms with Gasteiger partial charge >= 0.3 is 5.97 Å². The lowest BCUT2D eigenvalue weighted by atomic mass is 9.98. The summed E-state index contributed by atoms with van der Waals surface area (Å²) in [6.45, 7) is 0.0592. The minimum absolute atomic E-state index is 0.0592. The van der Waals surface area contributed by atoms with Crippen LogP contribution in [0.15, 0.2) is 30.5 Å². The van der Waals surface area contributed by atoms with E-state index in [0.717, 1.165) is 31.1 Å². The molecule has 1 saturated carbocycles. The van der Waals surface area contributed by atoms with Crippen molar-refractivity contribution in [3.63, 3.8) is 0 Å². The van der Waals surface area contributed by atoms with Crippen molar-refractivity contribution in [3.05, 3.63) is 36.0 Å². The fraction of sp³-hybridized carbons (Fsp3) is 0.375. The molecule has 0 radical (unpaired) electrons. The van der Waals surface area contributed by atoms with E-state index in [9.17, 15) is 15.0 Å². The molecule has 21 heavy (non-hydrogen) atoms. The number of aliphatic hydroxyl groups excluding tert-OH is 1. The topological polar surface area (TPSA) is 82.5 Å². The summed E-state index contributed by atoms with van der Waals surface area (Å²) in [4.78, 5) is 15.6. The summed E-state index contributed by atoms with van der Waals surface area (Å²) in [5.41, 5.74) is -0.138. The Morgan fingerprint density at radius 1 is 1.24 bits per heavy atom. The predicted octanol–water partition coefficient (Wildman–Crippen LogP) is 2.65. The van der Waals surface area contributed by atoms with E-state index in [1.807, 2.05) is 18.2 Å². The molecule has 0 bridgehead atoms. The molecule has 5 heteroatoms. The summed E-state index contributed by atoms with van der Waals surface area (Å²) in [6, 6.07) is 7.32. The Morgan fingerprint density at radius 2 is 1.90 bits per heavy atom. The van der Waals surface area contributed by atoms with Gasteiger partial charge in [0, 0.05) is 17.0 Å². The van der Waals surface area contributed by atoms with Crippen LogP contribution in [-0.2, 0) is 0 Å². The largest absolute Gasteiger partial charge is 0.478 e. The number of carboxylic acids is 1. The normalized spacial score (nSPS) is 17.0. The van der Waals surface area contributed by atoms with Gasteiger partial charge in [0.1, 0.15) is 5.82 Å². The molecule has 1 heterocycles. The van der Waals surface area contributed by atoms with Gasteiger partial charge in [-0.05, 0) is 12.8 Å². The smallest absolute Gasteiger partial charge is 0.337 e. The number of rotatable bonds is 4. The van der Waals surface area contributed by atoms with Crippen LogP contribution in [-0.4, -0.2) is 33.3 Å². The van der Waals surface area contributed by atoms with Crippen LogP contribution in [0.5, 0.6) is 0 Å². The van der Waals surface area contributed by atoms with Crippen LogP contribution in [0.4, 0.5) is 5.82 Å². The number of aromatic nitrogens is 1. The number of hydrogen-bond acceptors (Lipinski definition) is 4. The van der Waals surface area contributed by atoms with Crippen LogP contribution < -0.4 is 5.32 Å². The molecule has 1 aromatic heterocycles. The highest BCUT2D eigenvalue weighted by Crippen LogP contribution is 2.34. The second-order valence-electron chi connectivity index (χ2n) is 5.64. The van der Waals surface area contributed by atoms with Crippen molar-refractivity contribution in [3.8, 4) is 0 Å². The maximum atomic E-state index is 11.3. The number of aromatic carboxylic acids is 1. The number of pyridine rings is 1. The first-order valence-electron chi connectivity index (χ1n) is 7.15. The van der Waals surface area contributed by atoms with Gasteiger partial charge in [-0.3, -0.25) is 0 Å². The molecule has 0 amide bonds. The number of hydrogen-bond donors (Lipinski definition) is 3. The molecule has 0 atom stereocenters. The Kier molecular flexibility index (Phi) is 3.51. The van der Waals surface area contributed by atoms with Gasteiger partial charge in [0.2, 0.25) is 0 Å².